The van der Waals surface area contributed by atoms with Crippen LogP contribution in [-0.2, 0) is 19.6 Å². The summed E-state index contributed by atoms with van der Waals surface area (Å²) in [6.07, 6.45) is 5.07. The molecule has 3 heteroatoms. The molecule has 0 aromatic carbocycles. The molecule has 2 heterocycles. The van der Waals surface area contributed by atoms with Crippen LogP contribution in [0.3, 0.4) is 0 Å². The fourth-order valence-electron chi connectivity index (χ4n) is 1.42. The monoisotopic (exact) mass is 207 g/mol. The number of aryl methyl sites for hydroxylation is 2. The van der Waals surface area contributed by atoms with Crippen molar-refractivity contribution in [2.24, 2.45) is 0 Å². The number of thiophene rings is 1. The Bertz CT molecular complexity index is 378. The third-order valence-corrected chi connectivity index (χ3v) is 3.13. The largest absolute Gasteiger partial charge is 0.392 e. The van der Waals surface area contributed by atoms with Crippen molar-refractivity contribution in [2.45, 2.75) is 19.6 Å². The summed E-state index contributed by atoms with van der Waals surface area (Å²) in [4.78, 5) is 1.41. The molecule has 0 bridgehead atoms. The maximum absolute atomic E-state index is 8.89. The lowest BCUT2D eigenvalue weighted by Crippen LogP contribution is -1.96. The highest BCUT2D eigenvalue weighted by Crippen LogP contribution is 2.10. The molecule has 0 saturated carbocycles. The van der Waals surface area contributed by atoms with Crippen LogP contribution in [0.5, 0.6) is 0 Å². The van der Waals surface area contributed by atoms with Crippen molar-refractivity contribution >= 4 is 11.3 Å². The Hall–Kier alpha value is -1.06. The molecule has 0 spiro atoms. The SMILES string of the molecule is OCc1ccn(CCc2cccs2)c1. The number of aromatic nitrogens is 1. The fraction of sp³-hybridized carbons (Fsp3) is 0.273. The van der Waals surface area contributed by atoms with Crippen molar-refractivity contribution < 1.29 is 5.11 Å². The second-order valence-corrected chi connectivity index (χ2v) is 4.28. The Morgan fingerprint density at radius 1 is 1.36 bits per heavy atom. The van der Waals surface area contributed by atoms with Crippen LogP contribution < -0.4 is 0 Å². The highest BCUT2D eigenvalue weighted by Gasteiger charge is 1.97. The number of rotatable bonds is 4. The van der Waals surface area contributed by atoms with E-state index in [4.69, 9.17) is 5.11 Å². The van der Waals surface area contributed by atoms with Crippen molar-refractivity contribution in [3.8, 4) is 0 Å². The lowest BCUT2D eigenvalue weighted by atomic mass is 10.3. The molecule has 0 aliphatic rings. The Labute approximate surface area is 87.4 Å². The summed E-state index contributed by atoms with van der Waals surface area (Å²) >= 11 is 1.79. The van der Waals surface area contributed by atoms with E-state index in [1.165, 1.54) is 4.88 Å². The highest BCUT2D eigenvalue weighted by atomic mass is 32.1. The van der Waals surface area contributed by atoms with E-state index >= 15 is 0 Å². The van der Waals surface area contributed by atoms with E-state index < -0.39 is 0 Å². The normalized spacial score (nSPS) is 10.6. The van der Waals surface area contributed by atoms with Gasteiger partial charge in [-0.2, -0.15) is 0 Å². The molecule has 0 amide bonds. The summed E-state index contributed by atoms with van der Waals surface area (Å²) in [6.45, 7) is 1.12. The Balaban J connectivity index is 1.92. The van der Waals surface area contributed by atoms with Crippen molar-refractivity contribution in [3.63, 3.8) is 0 Å². The zero-order chi connectivity index (χ0) is 9.80. The van der Waals surface area contributed by atoms with Crippen molar-refractivity contribution in [1.82, 2.24) is 4.57 Å². The molecule has 14 heavy (non-hydrogen) atoms. The van der Waals surface area contributed by atoms with Crippen molar-refractivity contribution in [3.05, 3.63) is 46.4 Å². The topological polar surface area (TPSA) is 25.2 Å². The summed E-state index contributed by atoms with van der Waals surface area (Å²) < 4.78 is 2.12. The van der Waals surface area contributed by atoms with Crippen LogP contribution >= 0.6 is 11.3 Å². The maximum atomic E-state index is 8.89. The van der Waals surface area contributed by atoms with Gasteiger partial charge in [0.1, 0.15) is 0 Å². The predicted molar refractivity (Wildman–Crippen MR) is 58.4 cm³/mol. The molecule has 2 aromatic heterocycles. The van der Waals surface area contributed by atoms with Crippen LogP contribution in [0.15, 0.2) is 36.0 Å². The zero-order valence-corrected chi connectivity index (χ0v) is 8.70. The average Bonchev–Trinajstić information content (AvgIpc) is 2.86. The van der Waals surface area contributed by atoms with Crippen molar-refractivity contribution in [1.29, 1.82) is 0 Å². The Morgan fingerprint density at radius 2 is 2.29 bits per heavy atom. The summed E-state index contributed by atoms with van der Waals surface area (Å²) in [5.41, 5.74) is 0.983. The van der Waals surface area contributed by atoms with Gasteiger partial charge in [0.25, 0.3) is 0 Å². The molecule has 74 valence electrons. The van der Waals surface area contributed by atoms with Crippen LogP contribution in [0.4, 0.5) is 0 Å². The van der Waals surface area contributed by atoms with Gasteiger partial charge in [-0.15, -0.1) is 11.3 Å². The molecule has 0 aliphatic carbocycles. The molecule has 0 atom stereocenters. The second-order valence-electron chi connectivity index (χ2n) is 3.25. The van der Waals surface area contributed by atoms with Gasteiger partial charge in [-0.05, 0) is 29.5 Å². The number of hydrogen-bond acceptors (Lipinski definition) is 2. The quantitative estimate of drug-likeness (QED) is 0.817. The molecule has 0 radical (unpaired) electrons. The molecule has 0 fully saturated rings. The number of hydrogen-bond donors (Lipinski definition) is 1. The van der Waals surface area contributed by atoms with Gasteiger partial charge in [-0.25, -0.2) is 0 Å². The molecule has 2 nitrogen and oxygen atoms in total. The number of aliphatic hydroxyl groups is 1. The van der Waals surface area contributed by atoms with Crippen LogP contribution in [0.1, 0.15) is 10.4 Å². The lowest BCUT2D eigenvalue weighted by Gasteiger charge is -2.00. The van der Waals surface area contributed by atoms with Gasteiger partial charge in [0.05, 0.1) is 6.61 Å². The first-order chi connectivity index (χ1) is 6.88. The van der Waals surface area contributed by atoms with E-state index in [1.807, 2.05) is 18.5 Å². The minimum absolute atomic E-state index is 0.131. The summed E-state index contributed by atoms with van der Waals surface area (Å²) in [7, 11) is 0. The summed E-state index contributed by atoms with van der Waals surface area (Å²) in [5.74, 6) is 0. The third-order valence-electron chi connectivity index (χ3n) is 2.19. The molecule has 0 aliphatic heterocycles. The van der Waals surface area contributed by atoms with Crippen LogP contribution in [0.25, 0.3) is 0 Å². The Morgan fingerprint density at radius 3 is 2.93 bits per heavy atom. The van der Waals surface area contributed by atoms with Gasteiger partial charge < -0.3 is 9.67 Å². The molecular formula is C11H13NOS. The average molecular weight is 207 g/mol. The molecule has 2 rings (SSSR count). The van der Waals surface area contributed by atoms with Gasteiger partial charge in [0, 0.05) is 23.8 Å². The molecule has 1 N–H and O–H groups in total. The van der Waals surface area contributed by atoms with Gasteiger partial charge in [-0.3, -0.25) is 0 Å². The first-order valence-electron chi connectivity index (χ1n) is 4.66. The lowest BCUT2D eigenvalue weighted by molar-refractivity contribution is 0.281. The highest BCUT2D eigenvalue weighted by molar-refractivity contribution is 7.09. The smallest absolute Gasteiger partial charge is 0.0696 e. The van der Waals surface area contributed by atoms with E-state index in [2.05, 4.69) is 22.1 Å². The molecule has 0 unspecified atom stereocenters. The van der Waals surface area contributed by atoms with Crippen molar-refractivity contribution in [2.75, 3.05) is 0 Å². The van der Waals surface area contributed by atoms with Gasteiger partial charge in [0.2, 0.25) is 0 Å². The van der Waals surface area contributed by atoms with Gasteiger partial charge in [0.15, 0.2) is 0 Å². The first-order valence-corrected chi connectivity index (χ1v) is 5.54. The van der Waals surface area contributed by atoms with Crippen LogP contribution in [0, 0.1) is 0 Å². The maximum Gasteiger partial charge on any atom is 0.0696 e. The van der Waals surface area contributed by atoms with E-state index in [1.54, 1.807) is 11.3 Å². The van der Waals surface area contributed by atoms with Crippen LogP contribution in [-0.4, -0.2) is 9.67 Å². The Kier molecular flexibility index (Phi) is 3.01. The second kappa shape index (κ2) is 4.44. The standard InChI is InChI=1S/C11H13NOS/c13-9-10-3-5-12(8-10)6-4-11-2-1-7-14-11/h1-3,5,7-8,13H,4,6,9H2. The fourth-order valence-corrected chi connectivity index (χ4v) is 2.12. The van der Waals surface area contributed by atoms with E-state index in [9.17, 15) is 0 Å². The zero-order valence-electron chi connectivity index (χ0n) is 7.89. The number of nitrogens with zero attached hydrogens (tertiary/aromatic N) is 1. The van der Waals surface area contributed by atoms with Gasteiger partial charge >= 0.3 is 0 Å². The van der Waals surface area contributed by atoms with Gasteiger partial charge in [-0.1, -0.05) is 6.07 Å². The van der Waals surface area contributed by atoms with E-state index in [0.29, 0.717) is 0 Å². The third kappa shape index (κ3) is 2.25. The van der Waals surface area contributed by atoms with E-state index in [0.717, 1.165) is 18.5 Å². The summed E-state index contributed by atoms with van der Waals surface area (Å²) in [5, 5.41) is 11.0. The molecular weight excluding hydrogens is 194 g/mol. The van der Waals surface area contributed by atoms with Crippen LogP contribution in [0.2, 0.25) is 0 Å². The van der Waals surface area contributed by atoms with E-state index in [-0.39, 0.29) is 6.61 Å². The number of aliphatic hydroxyl groups excluding tert-OH is 1. The predicted octanol–water partition coefficient (Wildman–Crippen LogP) is 2.28. The first kappa shape index (κ1) is 9.49. The summed E-state index contributed by atoms with van der Waals surface area (Å²) in [6, 6.07) is 6.18. The minimum atomic E-state index is 0.131. The molecule has 0 saturated heterocycles. The minimum Gasteiger partial charge on any atom is -0.392 e. The molecule has 2 aromatic rings.